The molecule has 0 bridgehead atoms. The molecule has 1 heteroatoms. The lowest BCUT2D eigenvalue weighted by Gasteiger charge is -2.20. The van der Waals surface area contributed by atoms with Crippen LogP contribution in [0.4, 0.5) is 0 Å². The quantitative estimate of drug-likeness (QED) is 0.793. The maximum Gasteiger partial charge on any atom is 0.0205 e. The van der Waals surface area contributed by atoms with Crippen molar-refractivity contribution in [2.75, 3.05) is 6.54 Å². The van der Waals surface area contributed by atoms with Crippen molar-refractivity contribution in [2.24, 2.45) is 11.3 Å². The molecule has 18 heavy (non-hydrogen) atoms. The van der Waals surface area contributed by atoms with E-state index >= 15 is 0 Å². The van der Waals surface area contributed by atoms with Crippen molar-refractivity contribution in [3.05, 3.63) is 35.4 Å². The molecule has 0 spiro atoms. The van der Waals surface area contributed by atoms with Crippen LogP contribution in [-0.2, 0) is 6.54 Å². The highest BCUT2D eigenvalue weighted by Crippen LogP contribution is 2.51. The molecular formula is C17H25N. The van der Waals surface area contributed by atoms with E-state index in [0.717, 1.165) is 18.4 Å². The molecule has 0 radical (unpaired) electrons. The van der Waals surface area contributed by atoms with E-state index in [9.17, 15) is 0 Å². The van der Waals surface area contributed by atoms with Crippen LogP contribution in [0.3, 0.4) is 0 Å². The molecule has 0 aliphatic heterocycles. The molecule has 0 atom stereocenters. The lowest BCUT2D eigenvalue weighted by Crippen LogP contribution is -2.27. The van der Waals surface area contributed by atoms with E-state index in [4.69, 9.17) is 0 Å². The summed E-state index contributed by atoms with van der Waals surface area (Å²) in [5, 5.41) is 3.67. The van der Waals surface area contributed by atoms with Crippen molar-refractivity contribution >= 4 is 0 Å². The zero-order valence-electron chi connectivity index (χ0n) is 11.7. The van der Waals surface area contributed by atoms with Gasteiger partial charge >= 0.3 is 0 Å². The highest BCUT2D eigenvalue weighted by atomic mass is 14.9. The van der Waals surface area contributed by atoms with Gasteiger partial charge in [0.1, 0.15) is 0 Å². The third kappa shape index (κ3) is 2.61. The lowest BCUT2D eigenvalue weighted by molar-refractivity contribution is 0.338. The summed E-state index contributed by atoms with van der Waals surface area (Å²) >= 11 is 0. The SMILES string of the molecule is CC(C)C1(CNCc2cccc(C3CC3)c2)CC1. The first-order chi connectivity index (χ1) is 8.70. The molecule has 1 aromatic rings. The molecule has 2 aliphatic rings. The fourth-order valence-corrected chi connectivity index (χ4v) is 2.95. The molecule has 2 fully saturated rings. The van der Waals surface area contributed by atoms with Crippen molar-refractivity contribution in [3.8, 4) is 0 Å². The van der Waals surface area contributed by atoms with Crippen LogP contribution in [0.15, 0.2) is 24.3 Å². The number of benzene rings is 1. The van der Waals surface area contributed by atoms with E-state index in [1.165, 1.54) is 37.8 Å². The average molecular weight is 243 g/mol. The highest BCUT2D eigenvalue weighted by molar-refractivity contribution is 5.29. The fourth-order valence-electron chi connectivity index (χ4n) is 2.95. The van der Waals surface area contributed by atoms with Crippen LogP contribution in [0.2, 0.25) is 0 Å². The van der Waals surface area contributed by atoms with Gasteiger partial charge in [-0.25, -0.2) is 0 Å². The van der Waals surface area contributed by atoms with Crippen LogP contribution >= 0.6 is 0 Å². The number of nitrogens with one attached hydrogen (secondary N) is 1. The van der Waals surface area contributed by atoms with Gasteiger partial charge in [0.2, 0.25) is 0 Å². The summed E-state index contributed by atoms with van der Waals surface area (Å²) in [4.78, 5) is 0. The monoisotopic (exact) mass is 243 g/mol. The highest BCUT2D eigenvalue weighted by Gasteiger charge is 2.44. The van der Waals surface area contributed by atoms with Crippen LogP contribution in [0.1, 0.15) is 56.6 Å². The van der Waals surface area contributed by atoms with Gasteiger partial charge in [0.15, 0.2) is 0 Å². The molecule has 0 heterocycles. The van der Waals surface area contributed by atoms with Crippen molar-refractivity contribution in [1.82, 2.24) is 5.32 Å². The van der Waals surface area contributed by atoms with E-state index in [0.29, 0.717) is 5.41 Å². The van der Waals surface area contributed by atoms with E-state index < -0.39 is 0 Å². The Labute approximate surface area is 111 Å². The summed E-state index contributed by atoms with van der Waals surface area (Å²) in [5.41, 5.74) is 3.63. The van der Waals surface area contributed by atoms with Gasteiger partial charge in [-0.05, 0) is 54.1 Å². The van der Waals surface area contributed by atoms with E-state index in [-0.39, 0.29) is 0 Å². The van der Waals surface area contributed by atoms with Crippen LogP contribution in [0.25, 0.3) is 0 Å². The number of rotatable bonds is 6. The molecule has 2 aliphatic carbocycles. The van der Waals surface area contributed by atoms with Crippen LogP contribution < -0.4 is 5.32 Å². The fraction of sp³-hybridized carbons (Fsp3) is 0.647. The third-order valence-electron chi connectivity index (χ3n) is 4.92. The second kappa shape index (κ2) is 4.70. The maximum atomic E-state index is 3.67. The topological polar surface area (TPSA) is 12.0 Å². The van der Waals surface area contributed by atoms with Gasteiger partial charge in [0.05, 0.1) is 0 Å². The van der Waals surface area contributed by atoms with E-state index in [2.05, 4.69) is 43.4 Å². The van der Waals surface area contributed by atoms with Crippen molar-refractivity contribution in [2.45, 2.75) is 52.0 Å². The zero-order valence-corrected chi connectivity index (χ0v) is 11.7. The molecule has 1 nitrogen and oxygen atoms in total. The molecule has 3 rings (SSSR count). The predicted octanol–water partition coefficient (Wildman–Crippen LogP) is 4.09. The molecule has 98 valence electrons. The van der Waals surface area contributed by atoms with Crippen molar-refractivity contribution in [3.63, 3.8) is 0 Å². The molecule has 0 unspecified atom stereocenters. The summed E-state index contributed by atoms with van der Waals surface area (Å²) in [7, 11) is 0. The minimum absolute atomic E-state index is 0.619. The summed E-state index contributed by atoms with van der Waals surface area (Å²) in [6.45, 7) is 6.96. The van der Waals surface area contributed by atoms with Gasteiger partial charge in [-0.2, -0.15) is 0 Å². The van der Waals surface area contributed by atoms with Gasteiger partial charge < -0.3 is 5.32 Å². The average Bonchev–Trinajstić information content (AvgIpc) is 3.24. The van der Waals surface area contributed by atoms with Gasteiger partial charge in [-0.1, -0.05) is 38.1 Å². The van der Waals surface area contributed by atoms with Crippen molar-refractivity contribution < 1.29 is 0 Å². The zero-order chi connectivity index (χ0) is 12.6. The van der Waals surface area contributed by atoms with Crippen LogP contribution in [0.5, 0.6) is 0 Å². The van der Waals surface area contributed by atoms with Gasteiger partial charge in [0, 0.05) is 13.1 Å². The first kappa shape index (κ1) is 12.2. The molecular weight excluding hydrogens is 218 g/mol. The minimum atomic E-state index is 0.619. The third-order valence-corrected chi connectivity index (χ3v) is 4.92. The Hall–Kier alpha value is -0.820. The number of hydrogen-bond acceptors (Lipinski definition) is 1. The molecule has 1 aromatic carbocycles. The maximum absolute atomic E-state index is 3.67. The summed E-state index contributed by atoms with van der Waals surface area (Å²) in [5.74, 6) is 1.69. The van der Waals surface area contributed by atoms with Gasteiger partial charge in [-0.15, -0.1) is 0 Å². The molecule has 1 N–H and O–H groups in total. The molecule has 0 aromatic heterocycles. The number of hydrogen-bond donors (Lipinski definition) is 1. The Morgan fingerprint density at radius 1 is 1.28 bits per heavy atom. The second-order valence-electron chi connectivity index (χ2n) is 6.64. The van der Waals surface area contributed by atoms with Gasteiger partial charge in [0.25, 0.3) is 0 Å². The largest absolute Gasteiger partial charge is 0.312 e. The normalized spacial score (nSPS) is 21.3. The lowest BCUT2D eigenvalue weighted by atomic mass is 9.92. The first-order valence-electron chi connectivity index (χ1n) is 7.49. The minimum Gasteiger partial charge on any atom is -0.312 e. The van der Waals surface area contributed by atoms with Crippen molar-refractivity contribution in [1.29, 1.82) is 0 Å². The Bertz CT molecular complexity index is 413. The smallest absolute Gasteiger partial charge is 0.0205 e. The standard InChI is InChI=1S/C17H25N/c1-13(2)17(8-9-17)12-18-11-14-4-3-5-16(10-14)15-6-7-15/h3-5,10,13,15,18H,6-9,11-12H2,1-2H3. The Morgan fingerprint density at radius 3 is 2.67 bits per heavy atom. The Kier molecular flexibility index (Phi) is 3.19. The second-order valence-corrected chi connectivity index (χ2v) is 6.64. The summed E-state index contributed by atoms with van der Waals surface area (Å²) in [6, 6.07) is 9.17. The molecule has 0 amide bonds. The van der Waals surface area contributed by atoms with E-state index in [1.807, 2.05) is 0 Å². The first-order valence-corrected chi connectivity index (χ1v) is 7.49. The predicted molar refractivity (Wildman–Crippen MR) is 76.6 cm³/mol. The molecule has 0 saturated heterocycles. The Morgan fingerprint density at radius 2 is 2.06 bits per heavy atom. The molecule has 2 saturated carbocycles. The van der Waals surface area contributed by atoms with Crippen LogP contribution in [0, 0.1) is 11.3 Å². The van der Waals surface area contributed by atoms with Crippen LogP contribution in [-0.4, -0.2) is 6.54 Å². The summed E-state index contributed by atoms with van der Waals surface area (Å²) < 4.78 is 0. The van der Waals surface area contributed by atoms with E-state index in [1.54, 1.807) is 5.56 Å². The Balaban J connectivity index is 1.52. The summed E-state index contributed by atoms with van der Waals surface area (Å²) in [6.07, 6.45) is 5.63. The van der Waals surface area contributed by atoms with Gasteiger partial charge in [-0.3, -0.25) is 0 Å².